The summed E-state index contributed by atoms with van der Waals surface area (Å²) < 4.78 is 41.4. The van der Waals surface area contributed by atoms with E-state index in [0.29, 0.717) is 55.3 Å². The lowest BCUT2D eigenvalue weighted by Gasteiger charge is -2.35. The van der Waals surface area contributed by atoms with Gasteiger partial charge in [0.1, 0.15) is 11.3 Å². The van der Waals surface area contributed by atoms with Gasteiger partial charge >= 0.3 is 6.18 Å². The molecule has 2 aliphatic heterocycles. The van der Waals surface area contributed by atoms with Gasteiger partial charge in [0.05, 0.1) is 11.1 Å². The molecular formula is C27H30F3N5O. The van der Waals surface area contributed by atoms with Gasteiger partial charge in [0, 0.05) is 57.3 Å². The number of alkyl halides is 3. The normalized spacial score (nSPS) is 19.4. The van der Waals surface area contributed by atoms with Crippen LogP contribution in [0.1, 0.15) is 71.0 Å². The first kappa shape index (κ1) is 23.5. The van der Waals surface area contributed by atoms with E-state index < -0.39 is 11.7 Å². The van der Waals surface area contributed by atoms with Gasteiger partial charge in [-0.2, -0.15) is 13.2 Å². The Morgan fingerprint density at radius 1 is 0.972 bits per heavy atom. The van der Waals surface area contributed by atoms with Crippen LogP contribution in [0.25, 0.3) is 11.2 Å². The number of benzene rings is 1. The van der Waals surface area contributed by atoms with Crippen LogP contribution in [0, 0.1) is 0 Å². The second kappa shape index (κ2) is 9.18. The number of rotatable bonds is 4. The van der Waals surface area contributed by atoms with E-state index >= 15 is 0 Å². The monoisotopic (exact) mass is 497 g/mol. The van der Waals surface area contributed by atoms with Crippen LogP contribution in [0.15, 0.2) is 30.3 Å². The number of aryl methyl sites for hydroxylation is 2. The Kier molecular flexibility index (Phi) is 5.98. The Labute approximate surface area is 208 Å². The molecular weight excluding hydrogens is 467 g/mol. The van der Waals surface area contributed by atoms with Gasteiger partial charge in [-0.05, 0) is 43.4 Å². The molecule has 3 aromatic rings. The van der Waals surface area contributed by atoms with E-state index in [0.717, 1.165) is 61.9 Å². The molecule has 2 aromatic heterocycles. The first-order valence-corrected chi connectivity index (χ1v) is 12.9. The van der Waals surface area contributed by atoms with E-state index in [1.807, 2.05) is 11.0 Å². The Balaban J connectivity index is 1.20. The molecule has 36 heavy (non-hydrogen) atoms. The largest absolute Gasteiger partial charge is 0.416 e. The van der Waals surface area contributed by atoms with Crippen molar-refractivity contribution in [3.05, 3.63) is 58.5 Å². The summed E-state index contributed by atoms with van der Waals surface area (Å²) in [7, 11) is 0. The summed E-state index contributed by atoms with van der Waals surface area (Å²) in [5.74, 6) is 1.45. The molecule has 6 nitrogen and oxygen atoms in total. The zero-order chi connectivity index (χ0) is 24.9. The van der Waals surface area contributed by atoms with Crippen molar-refractivity contribution in [3.63, 3.8) is 0 Å². The van der Waals surface area contributed by atoms with Gasteiger partial charge in [0.2, 0.25) is 0 Å². The van der Waals surface area contributed by atoms with E-state index in [9.17, 15) is 18.0 Å². The molecule has 1 saturated carbocycles. The van der Waals surface area contributed by atoms with E-state index in [-0.39, 0.29) is 5.91 Å². The molecule has 190 valence electrons. The Morgan fingerprint density at radius 3 is 2.53 bits per heavy atom. The second-order valence-electron chi connectivity index (χ2n) is 10.3. The number of piperazine rings is 1. The number of amides is 1. The smallest absolute Gasteiger partial charge is 0.336 e. The van der Waals surface area contributed by atoms with Crippen LogP contribution in [0.5, 0.6) is 0 Å². The number of carbonyl (C=O) groups excluding carboxylic acids is 1. The maximum atomic E-state index is 13.7. The maximum Gasteiger partial charge on any atom is 0.416 e. The number of imidazole rings is 1. The molecule has 0 unspecified atom stereocenters. The van der Waals surface area contributed by atoms with Crippen molar-refractivity contribution in [2.75, 3.05) is 26.2 Å². The van der Waals surface area contributed by atoms with Crippen molar-refractivity contribution in [1.82, 2.24) is 24.3 Å². The maximum absolute atomic E-state index is 13.7. The van der Waals surface area contributed by atoms with Crippen LogP contribution in [0.4, 0.5) is 13.2 Å². The van der Waals surface area contributed by atoms with E-state index in [1.165, 1.54) is 18.6 Å². The number of nitrogens with zero attached hydrogens (tertiary/aromatic N) is 5. The predicted molar refractivity (Wildman–Crippen MR) is 130 cm³/mol. The summed E-state index contributed by atoms with van der Waals surface area (Å²) in [6, 6.07) is 7.46. The topological polar surface area (TPSA) is 54.3 Å². The Hall–Kier alpha value is -2.94. The summed E-state index contributed by atoms with van der Waals surface area (Å²) >= 11 is 0. The molecule has 0 atom stereocenters. The standard InChI is InChI=1S/C27H30F3N5O/c28-27(29,30)20-6-4-5-18(15-20)17-33-11-13-34(14-12-33)26(36)21-16-22(19-8-9-19)31-25-24(21)32-23-7-2-1-3-10-35(23)25/h4-6,15-16,19H,1-3,7-14,17H2. The third kappa shape index (κ3) is 4.61. The molecule has 0 spiro atoms. The van der Waals surface area contributed by atoms with Gasteiger partial charge in [-0.25, -0.2) is 9.97 Å². The molecule has 1 aliphatic carbocycles. The van der Waals surface area contributed by atoms with Gasteiger partial charge < -0.3 is 9.47 Å². The predicted octanol–water partition coefficient (Wildman–Crippen LogP) is 5.01. The highest BCUT2D eigenvalue weighted by molar-refractivity contribution is 6.04. The highest BCUT2D eigenvalue weighted by atomic mass is 19.4. The first-order valence-electron chi connectivity index (χ1n) is 12.9. The van der Waals surface area contributed by atoms with Crippen LogP contribution >= 0.6 is 0 Å². The zero-order valence-electron chi connectivity index (χ0n) is 20.2. The van der Waals surface area contributed by atoms with Crippen LogP contribution in [0.3, 0.4) is 0 Å². The van der Waals surface area contributed by atoms with Gasteiger partial charge in [0.25, 0.3) is 5.91 Å². The van der Waals surface area contributed by atoms with E-state index in [2.05, 4.69) is 9.47 Å². The zero-order valence-corrected chi connectivity index (χ0v) is 20.2. The highest BCUT2D eigenvalue weighted by Gasteiger charge is 2.32. The highest BCUT2D eigenvalue weighted by Crippen LogP contribution is 2.40. The minimum absolute atomic E-state index is 0.0173. The summed E-state index contributed by atoms with van der Waals surface area (Å²) in [4.78, 5) is 27.5. The lowest BCUT2D eigenvalue weighted by molar-refractivity contribution is -0.137. The Morgan fingerprint density at radius 2 is 1.78 bits per heavy atom. The second-order valence-corrected chi connectivity index (χ2v) is 10.3. The van der Waals surface area contributed by atoms with Gasteiger partial charge in [-0.15, -0.1) is 0 Å². The van der Waals surface area contributed by atoms with Crippen LogP contribution in [0.2, 0.25) is 0 Å². The van der Waals surface area contributed by atoms with Crippen molar-refractivity contribution < 1.29 is 18.0 Å². The molecule has 3 aliphatic rings. The fourth-order valence-corrected chi connectivity index (χ4v) is 5.44. The van der Waals surface area contributed by atoms with E-state index in [4.69, 9.17) is 9.97 Å². The van der Waals surface area contributed by atoms with Crippen LogP contribution in [-0.4, -0.2) is 56.4 Å². The van der Waals surface area contributed by atoms with Crippen molar-refractivity contribution >= 4 is 17.1 Å². The van der Waals surface area contributed by atoms with Crippen LogP contribution in [-0.2, 0) is 25.7 Å². The fraction of sp³-hybridized carbons (Fsp3) is 0.519. The molecule has 0 radical (unpaired) electrons. The lowest BCUT2D eigenvalue weighted by Crippen LogP contribution is -2.48. The number of carbonyl (C=O) groups is 1. The van der Waals surface area contributed by atoms with Crippen molar-refractivity contribution in [2.24, 2.45) is 0 Å². The number of fused-ring (bicyclic) bond motifs is 3. The number of aromatic nitrogens is 3. The number of pyridine rings is 1. The molecule has 1 saturated heterocycles. The average Bonchev–Trinajstić information content (AvgIpc) is 3.69. The summed E-state index contributed by atoms with van der Waals surface area (Å²) in [6.07, 6.45) is 2.19. The molecule has 1 amide bonds. The number of hydrogen-bond donors (Lipinski definition) is 0. The molecule has 0 N–H and O–H groups in total. The average molecular weight is 498 g/mol. The molecule has 4 heterocycles. The molecule has 9 heteroatoms. The number of hydrogen-bond acceptors (Lipinski definition) is 4. The van der Waals surface area contributed by atoms with Gasteiger partial charge in [-0.1, -0.05) is 24.6 Å². The van der Waals surface area contributed by atoms with Crippen LogP contribution < -0.4 is 0 Å². The quantitative estimate of drug-likeness (QED) is 0.509. The third-order valence-electron chi connectivity index (χ3n) is 7.63. The molecule has 1 aromatic carbocycles. The lowest BCUT2D eigenvalue weighted by atomic mass is 10.1. The van der Waals surface area contributed by atoms with Crippen molar-refractivity contribution in [2.45, 2.75) is 63.7 Å². The molecule has 2 fully saturated rings. The minimum atomic E-state index is -4.35. The summed E-state index contributed by atoms with van der Waals surface area (Å²) in [5.41, 5.74) is 3.22. The van der Waals surface area contributed by atoms with Crippen molar-refractivity contribution in [3.8, 4) is 0 Å². The SMILES string of the molecule is O=C(c1cc(C2CC2)nc2c1nc1n2CCCCC1)N1CCN(Cc2cccc(C(F)(F)F)c2)CC1. The summed E-state index contributed by atoms with van der Waals surface area (Å²) in [6.45, 7) is 3.64. The first-order chi connectivity index (χ1) is 17.4. The summed E-state index contributed by atoms with van der Waals surface area (Å²) in [5, 5.41) is 0. The fourth-order valence-electron chi connectivity index (χ4n) is 5.44. The van der Waals surface area contributed by atoms with Crippen molar-refractivity contribution in [1.29, 1.82) is 0 Å². The molecule has 6 rings (SSSR count). The van der Waals surface area contributed by atoms with Gasteiger partial charge in [-0.3, -0.25) is 9.69 Å². The van der Waals surface area contributed by atoms with E-state index in [1.54, 1.807) is 6.07 Å². The number of halogens is 3. The third-order valence-corrected chi connectivity index (χ3v) is 7.63. The molecule has 0 bridgehead atoms. The minimum Gasteiger partial charge on any atom is -0.336 e. The Bertz CT molecular complexity index is 1290. The van der Waals surface area contributed by atoms with Gasteiger partial charge in [0.15, 0.2) is 5.65 Å².